The van der Waals surface area contributed by atoms with Crippen LogP contribution in [0.1, 0.15) is 19.3 Å². The van der Waals surface area contributed by atoms with E-state index >= 15 is 0 Å². The zero-order valence-electron chi connectivity index (χ0n) is 8.56. The van der Waals surface area contributed by atoms with Crippen molar-refractivity contribution in [1.29, 1.82) is 0 Å². The zero-order chi connectivity index (χ0) is 10.7. The maximum atomic E-state index is 10.1. The van der Waals surface area contributed by atoms with E-state index in [1.165, 1.54) is 19.3 Å². The molecule has 0 N–H and O–H groups in total. The van der Waals surface area contributed by atoms with Crippen LogP contribution in [0.3, 0.4) is 0 Å². The van der Waals surface area contributed by atoms with Gasteiger partial charge in [0.15, 0.2) is 0 Å². The van der Waals surface area contributed by atoms with Crippen molar-refractivity contribution in [2.24, 2.45) is 33.7 Å². The fraction of sp³-hybridized carbons (Fsp3) is 0.818. The molecule has 0 aliphatic heterocycles. The van der Waals surface area contributed by atoms with Crippen molar-refractivity contribution in [3.63, 3.8) is 0 Å². The highest BCUT2D eigenvalue weighted by Gasteiger charge is 2.46. The van der Waals surface area contributed by atoms with Crippen molar-refractivity contribution >= 4 is 12.2 Å². The van der Waals surface area contributed by atoms with Gasteiger partial charge in [0, 0.05) is 0 Å². The molecule has 4 nitrogen and oxygen atoms in total. The minimum absolute atomic E-state index is 0.433. The van der Waals surface area contributed by atoms with Gasteiger partial charge in [0.1, 0.15) is 0 Å². The average molecular weight is 206 g/mol. The van der Waals surface area contributed by atoms with E-state index in [-0.39, 0.29) is 0 Å². The van der Waals surface area contributed by atoms with Crippen LogP contribution in [0.2, 0.25) is 0 Å². The van der Waals surface area contributed by atoms with Crippen LogP contribution in [-0.2, 0) is 9.59 Å². The van der Waals surface area contributed by atoms with Gasteiger partial charge in [-0.3, -0.25) is 0 Å². The van der Waals surface area contributed by atoms with Gasteiger partial charge in [0.25, 0.3) is 0 Å². The Balaban J connectivity index is 2.04. The number of isocyanates is 2. The molecule has 2 saturated carbocycles. The Morgan fingerprint density at radius 3 is 1.80 bits per heavy atom. The molecule has 0 saturated heterocycles. The Labute approximate surface area is 88.5 Å². The van der Waals surface area contributed by atoms with E-state index in [1.807, 2.05) is 0 Å². The van der Waals surface area contributed by atoms with E-state index in [2.05, 4.69) is 9.98 Å². The van der Waals surface area contributed by atoms with E-state index in [4.69, 9.17) is 0 Å². The number of hydrogen-bond acceptors (Lipinski definition) is 4. The highest BCUT2D eigenvalue weighted by molar-refractivity contribution is 5.33. The number of nitrogens with zero attached hydrogens (tertiary/aromatic N) is 2. The first-order chi connectivity index (χ1) is 7.36. The standard InChI is InChI=1S/C11H14N2O2/c14-6-12-4-10-8-1-2-9(3-8)11(10)5-13-7-15/h8-11H,1-5H2. The summed E-state index contributed by atoms with van der Waals surface area (Å²) >= 11 is 0. The Bertz CT molecular complexity index is 297. The molecular weight excluding hydrogens is 192 g/mol. The molecule has 0 amide bonds. The molecule has 0 spiro atoms. The topological polar surface area (TPSA) is 58.9 Å². The number of carbonyl (C=O) groups excluding carboxylic acids is 2. The van der Waals surface area contributed by atoms with Crippen LogP contribution >= 0.6 is 0 Å². The Hall–Kier alpha value is -1.24. The number of rotatable bonds is 4. The van der Waals surface area contributed by atoms with Gasteiger partial charge in [-0.2, -0.15) is 0 Å². The molecule has 2 aliphatic carbocycles. The first-order valence-corrected chi connectivity index (χ1v) is 5.44. The van der Waals surface area contributed by atoms with Crippen molar-refractivity contribution < 1.29 is 9.59 Å². The first-order valence-electron chi connectivity index (χ1n) is 5.44. The summed E-state index contributed by atoms with van der Waals surface area (Å²) in [6, 6.07) is 0. The Morgan fingerprint density at radius 1 is 0.933 bits per heavy atom. The molecule has 2 bridgehead atoms. The van der Waals surface area contributed by atoms with Crippen LogP contribution in [0, 0.1) is 23.7 Å². The quantitative estimate of drug-likeness (QED) is 0.514. The van der Waals surface area contributed by atoms with Gasteiger partial charge in [-0.1, -0.05) is 0 Å². The first kappa shape index (κ1) is 10.3. The van der Waals surface area contributed by atoms with Gasteiger partial charge in [-0.25, -0.2) is 19.6 Å². The third-order valence-electron chi connectivity index (χ3n) is 4.01. The van der Waals surface area contributed by atoms with Gasteiger partial charge in [-0.05, 0) is 42.9 Å². The molecule has 2 aliphatic rings. The summed E-state index contributed by atoms with van der Waals surface area (Å²) in [5.41, 5.74) is 0. The summed E-state index contributed by atoms with van der Waals surface area (Å²) in [4.78, 5) is 27.6. The van der Waals surface area contributed by atoms with Crippen LogP contribution in [0.4, 0.5) is 0 Å². The molecule has 4 atom stereocenters. The van der Waals surface area contributed by atoms with Crippen LogP contribution in [0.5, 0.6) is 0 Å². The van der Waals surface area contributed by atoms with Crippen LogP contribution in [-0.4, -0.2) is 25.2 Å². The number of fused-ring (bicyclic) bond motifs is 2. The lowest BCUT2D eigenvalue weighted by atomic mass is 9.79. The maximum absolute atomic E-state index is 10.1. The second kappa shape index (κ2) is 4.52. The minimum atomic E-state index is 0.433. The summed E-state index contributed by atoms with van der Waals surface area (Å²) in [6.07, 6.45) is 6.90. The predicted octanol–water partition coefficient (Wildman–Crippen LogP) is 1.32. The van der Waals surface area contributed by atoms with Gasteiger partial charge < -0.3 is 0 Å². The second-order valence-electron chi connectivity index (χ2n) is 4.52. The molecular formula is C11H14N2O2. The van der Waals surface area contributed by atoms with E-state index in [0.717, 1.165) is 0 Å². The van der Waals surface area contributed by atoms with Gasteiger partial charge >= 0.3 is 0 Å². The normalized spacial score (nSPS) is 37.1. The largest absolute Gasteiger partial charge is 0.234 e. The molecule has 0 aromatic rings. The van der Waals surface area contributed by atoms with Crippen molar-refractivity contribution in [3.05, 3.63) is 0 Å². The SMILES string of the molecule is O=C=NCC1C2CCC(C2)C1CN=C=O. The van der Waals surface area contributed by atoms with Gasteiger partial charge in [-0.15, -0.1) is 0 Å². The van der Waals surface area contributed by atoms with Crippen LogP contribution in [0.15, 0.2) is 9.98 Å². The Kier molecular flexibility index (Phi) is 3.10. The third kappa shape index (κ3) is 1.92. The Morgan fingerprint density at radius 2 is 1.40 bits per heavy atom. The fourth-order valence-corrected chi connectivity index (χ4v) is 3.38. The van der Waals surface area contributed by atoms with Crippen molar-refractivity contribution in [1.82, 2.24) is 0 Å². The lowest BCUT2D eigenvalue weighted by Crippen LogP contribution is -2.27. The maximum Gasteiger partial charge on any atom is 0.234 e. The third-order valence-corrected chi connectivity index (χ3v) is 4.01. The molecule has 0 aromatic heterocycles. The van der Waals surface area contributed by atoms with E-state index < -0.39 is 0 Å². The summed E-state index contributed by atoms with van der Waals surface area (Å²) in [5, 5.41) is 0. The smallest absolute Gasteiger partial charge is 0.211 e. The summed E-state index contributed by atoms with van der Waals surface area (Å²) in [6.45, 7) is 1.12. The van der Waals surface area contributed by atoms with E-state index in [1.54, 1.807) is 12.2 Å². The summed E-state index contributed by atoms with van der Waals surface area (Å²) in [7, 11) is 0. The highest BCUT2D eigenvalue weighted by atomic mass is 16.1. The lowest BCUT2D eigenvalue weighted by Gasteiger charge is -2.27. The molecule has 4 unspecified atom stereocenters. The van der Waals surface area contributed by atoms with E-state index in [9.17, 15) is 9.59 Å². The van der Waals surface area contributed by atoms with Crippen LogP contribution < -0.4 is 0 Å². The monoisotopic (exact) mass is 206 g/mol. The lowest BCUT2D eigenvalue weighted by molar-refractivity contribution is 0.234. The highest BCUT2D eigenvalue weighted by Crippen LogP contribution is 2.52. The van der Waals surface area contributed by atoms with E-state index in [0.29, 0.717) is 36.8 Å². The molecule has 2 fully saturated rings. The molecule has 0 radical (unpaired) electrons. The molecule has 2 rings (SSSR count). The predicted molar refractivity (Wildman–Crippen MR) is 53.8 cm³/mol. The van der Waals surface area contributed by atoms with Crippen molar-refractivity contribution in [2.75, 3.05) is 13.1 Å². The van der Waals surface area contributed by atoms with Gasteiger partial charge in [0.05, 0.1) is 13.1 Å². The average Bonchev–Trinajstić information content (AvgIpc) is 2.83. The fourth-order valence-electron chi connectivity index (χ4n) is 3.38. The second-order valence-corrected chi connectivity index (χ2v) is 4.52. The van der Waals surface area contributed by atoms with Crippen molar-refractivity contribution in [2.45, 2.75) is 19.3 Å². The van der Waals surface area contributed by atoms with Gasteiger partial charge in [0.2, 0.25) is 12.2 Å². The van der Waals surface area contributed by atoms with Crippen molar-refractivity contribution in [3.8, 4) is 0 Å². The molecule has 4 heteroatoms. The molecule has 0 heterocycles. The minimum Gasteiger partial charge on any atom is -0.211 e. The van der Waals surface area contributed by atoms with Crippen LogP contribution in [0.25, 0.3) is 0 Å². The molecule has 0 aromatic carbocycles. The zero-order valence-corrected chi connectivity index (χ0v) is 8.56. The molecule has 15 heavy (non-hydrogen) atoms. The summed E-state index contributed by atoms with van der Waals surface area (Å²) in [5.74, 6) is 2.22. The number of aliphatic imine (C=N–C) groups is 2. The summed E-state index contributed by atoms with van der Waals surface area (Å²) < 4.78 is 0. The molecule has 80 valence electrons. The number of hydrogen-bond donors (Lipinski definition) is 0.